The molecule has 5 N–H and O–H groups in total. The van der Waals surface area contributed by atoms with Crippen molar-refractivity contribution in [3.8, 4) is 0 Å². The molecule has 1 fully saturated rings. The normalized spacial score (nSPS) is 15.7. The summed E-state index contributed by atoms with van der Waals surface area (Å²) >= 11 is 0. The van der Waals surface area contributed by atoms with Crippen molar-refractivity contribution in [3.05, 3.63) is 54.0 Å². The molecular formula is C29H37FN10O2S. The van der Waals surface area contributed by atoms with Crippen LogP contribution in [0, 0.1) is 5.82 Å². The Hall–Kier alpha value is -4.01. The number of nitrogens with one attached hydrogen (secondary N) is 5. The maximum atomic E-state index is 15.3. The number of halogens is 1. The van der Waals surface area contributed by atoms with Crippen LogP contribution in [0.5, 0.6) is 0 Å². The molecule has 0 amide bonds. The molecule has 0 spiro atoms. The van der Waals surface area contributed by atoms with Gasteiger partial charge in [-0.3, -0.25) is 9.40 Å². The maximum absolute atomic E-state index is 15.3. The summed E-state index contributed by atoms with van der Waals surface area (Å²) in [7, 11) is -3.45. The molecule has 0 saturated carbocycles. The zero-order chi connectivity index (χ0) is 30.0. The molecule has 2 aromatic heterocycles. The van der Waals surface area contributed by atoms with Crippen LogP contribution in [0.3, 0.4) is 0 Å². The number of rotatable bonds is 11. The summed E-state index contributed by atoms with van der Waals surface area (Å²) in [4.78, 5) is 11.3. The van der Waals surface area contributed by atoms with E-state index in [-0.39, 0.29) is 11.8 Å². The number of anilines is 6. The van der Waals surface area contributed by atoms with Crippen LogP contribution in [-0.4, -0.2) is 80.1 Å². The highest BCUT2D eigenvalue weighted by Gasteiger charge is 2.29. The molecule has 4 heterocycles. The fourth-order valence-corrected chi connectivity index (χ4v) is 6.77. The summed E-state index contributed by atoms with van der Waals surface area (Å²) in [6.07, 6.45) is 5.37. The smallest absolute Gasteiger partial charge is 0.232 e. The van der Waals surface area contributed by atoms with Gasteiger partial charge in [0.1, 0.15) is 11.6 Å². The molecule has 0 bridgehead atoms. The molecule has 1 saturated heterocycles. The zero-order valence-corrected chi connectivity index (χ0v) is 25.1. The van der Waals surface area contributed by atoms with Gasteiger partial charge in [0.15, 0.2) is 5.65 Å². The molecule has 0 aliphatic carbocycles. The first-order chi connectivity index (χ1) is 20.8. The van der Waals surface area contributed by atoms with Gasteiger partial charge in [-0.25, -0.2) is 12.8 Å². The van der Waals surface area contributed by atoms with Gasteiger partial charge in [-0.05, 0) is 55.6 Å². The molecule has 2 aliphatic rings. The molecule has 0 radical (unpaired) electrons. The van der Waals surface area contributed by atoms with E-state index in [0.717, 1.165) is 51.1 Å². The van der Waals surface area contributed by atoms with Crippen LogP contribution in [0.2, 0.25) is 0 Å². The standard InChI is InChI=1S/C29H37FN10O2S/c1-3-31-12-13-32-20-10-14-39(15-11-20)25-8-7-21(17-23(25)30)34-29-36-27(22-18-33-38-28(22)37-29)35-24-6-4-5-19-9-16-40(26(19)24)43(2,41)42/h4-8,17-18,20,31-32H,3,9-16H2,1-2H3,(H3,33,34,35,36,37,38). The minimum absolute atomic E-state index is 0.239. The Kier molecular flexibility index (Phi) is 8.32. The van der Waals surface area contributed by atoms with Crippen molar-refractivity contribution in [2.24, 2.45) is 0 Å². The highest BCUT2D eigenvalue weighted by Crippen LogP contribution is 2.39. The van der Waals surface area contributed by atoms with Crippen molar-refractivity contribution >= 4 is 55.6 Å². The van der Waals surface area contributed by atoms with E-state index in [1.54, 1.807) is 12.3 Å². The topological polar surface area (TPSA) is 143 Å². The molecule has 228 valence electrons. The minimum atomic E-state index is -3.45. The van der Waals surface area contributed by atoms with Crippen molar-refractivity contribution in [2.45, 2.75) is 32.2 Å². The summed E-state index contributed by atoms with van der Waals surface area (Å²) in [6.45, 7) is 6.91. The van der Waals surface area contributed by atoms with E-state index in [0.29, 0.717) is 58.6 Å². The van der Waals surface area contributed by atoms with E-state index in [4.69, 9.17) is 0 Å². The van der Waals surface area contributed by atoms with Gasteiger partial charge in [0, 0.05) is 44.5 Å². The Labute approximate surface area is 250 Å². The fourth-order valence-electron chi connectivity index (χ4n) is 5.80. The minimum Gasteiger partial charge on any atom is -0.369 e. The number of fused-ring (bicyclic) bond motifs is 2. The van der Waals surface area contributed by atoms with Crippen LogP contribution in [0.4, 0.5) is 38.9 Å². The van der Waals surface area contributed by atoms with Gasteiger partial charge in [0.2, 0.25) is 16.0 Å². The third-order valence-electron chi connectivity index (χ3n) is 7.94. The quantitative estimate of drug-likeness (QED) is 0.161. The van der Waals surface area contributed by atoms with E-state index in [1.165, 1.54) is 16.6 Å². The SMILES string of the molecule is CCNCCNC1CCN(c2ccc(Nc3nc(Nc4cccc5c4N(S(C)(=O)=O)CC5)c4cn[nH]c4n3)cc2F)CC1. The maximum Gasteiger partial charge on any atom is 0.232 e. The molecule has 14 heteroatoms. The van der Waals surface area contributed by atoms with Gasteiger partial charge in [-0.1, -0.05) is 19.1 Å². The molecule has 6 rings (SSSR count). The molecule has 43 heavy (non-hydrogen) atoms. The largest absolute Gasteiger partial charge is 0.369 e. The van der Waals surface area contributed by atoms with Crippen LogP contribution in [0.25, 0.3) is 11.0 Å². The summed E-state index contributed by atoms with van der Waals surface area (Å²) in [5.74, 6) is 0.364. The first-order valence-corrected chi connectivity index (χ1v) is 16.5. The number of benzene rings is 2. The number of hydrogen-bond acceptors (Lipinski definition) is 10. The van der Waals surface area contributed by atoms with Gasteiger partial charge >= 0.3 is 0 Å². The Bertz CT molecular complexity index is 1700. The number of piperidine rings is 1. The highest BCUT2D eigenvalue weighted by molar-refractivity contribution is 7.92. The molecule has 2 aliphatic heterocycles. The predicted octanol–water partition coefficient (Wildman–Crippen LogP) is 3.47. The van der Waals surface area contributed by atoms with Crippen LogP contribution in [0.15, 0.2) is 42.6 Å². The summed E-state index contributed by atoms with van der Waals surface area (Å²) in [6, 6.07) is 11.1. The van der Waals surface area contributed by atoms with E-state index in [9.17, 15) is 8.42 Å². The molecule has 4 aromatic rings. The summed E-state index contributed by atoms with van der Waals surface area (Å²) in [5, 5.41) is 20.9. The number of hydrogen-bond donors (Lipinski definition) is 5. The van der Waals surface area contributed by atoms with E-state index in [2.05, 4.69) is 53.3 Å². The second-order valence-corrected chi connectivity index (χ2v) is 12.8. The van der Waals surface area contributed by atoms with Gasteiger partial charge < -0.3 is 26.2 Å². The lowest BCUT2D eigenvalue weighted by Crippen LogP contribution is -2.44. The van der Waals surface area contributed by atoms with E-state index in [1.807, 2.05) is 24.3 Å². The average Bonchev–Trinajstić information content (AvgIpc) is 3.64. The number of aromatic amines is 1. The summed E-state index contributed by atoms with van der Waals surface area (Å²) < 4.78 is 41.7. The lowest BCUT2D eigenvalue weighted by atomic mass is 10.0. The molecular weight excluding hydrogens is 571 g/mol. The Morgan fingerprint density at radius 2 is 1.91 bits per heavy atom. The number of H-pyrrole nitrogens is 1. The Morgan fingerprint density at radius 1 is 1.07 bits per heavy atom. The van der Waals surface area contributed by atoms with Crippen LogP contribution in [0.1, 0.15) is 25.3 Å². The van der Waals surface area contributed by atoms with Crippen molar-refractivity contribution < 1.29 is 12.8 Å². The van der Waals surface area contributed by atoms with Gasteiger partial charge in [-0.15, -0.1) is 0 Å². The second-order valence-electron chi connectivity index (χ2n) is 10.9. The van der Waals surface area contributed by atoms with E-state index < -0.39 is 10.0 Å². The third kappa shape index (κ3) is 6.36. The third-order valence-corrected chi connectivity index (χ3v) is 9.11. The predicted molar refractivity (Wildman–Crippen MR) is 169 cm³/mol. The number of nitrogens with zero attached hydrogens (tertiary/aromatic N) is 5. The van der Waals surface area contributed by atoms with Crippen LogP contribution < -0.4 is 30.5 Å². The van der Waals surface area contributed by atoms with Crippen LogP contribution >= 0.6 is 0 Å². The lowest BCUT2D eigenvalue weighted by Gasteiger charge is -2.34. The molecule has 2 aromatic carbocycles. The second kappa shape index (κ2) is 12.3. The average molecular weight is 609 g/mol. The van der Waals surface area contributed by atoms with Gasteiger partial charge in [0.25, 0.3) is 0 Å². The Morgan fingerprint density at radius 3 is 2.67 bits per heavy atom. The van der Waals surface area contributed by atoms with Gasteiger partial charge in [0.05, 0.1) is 34.9 Å². The number of aromatic nitrogens is 4. The first-order valence-electron chi connectivity index (χ1n) is 14.6. The zero-order valence-electron chi connectivity index (χ0n) is 24.3. The Balaban J connectivity index is 1.18. The lowest BCUT2D eigenvalue weighted by molar-refractivity contribution is 0.411. The van der Waals surface area contributed by atoms with Crippen LogP contribution in [-0.2, 0) is 16.4 Å². The monoisotopic (exact) mass is 608 g/mol. The number of sulfonamides is 1. The fraction of sp³-hybridized carbons (Fsp3) is 0.414. The highest BCUT2D eigenvalue weighted by atomic mass is 32.2. The number of para-hydroxylation sites is 1. The van der Waals surface area contributed by atoms with Crippen molar-refractivity contribution in [1.29, 1.82) is 0 Å². The molecule has 0 unspecified atom stereocenters. The molecule has 0 atom stereocenters. The number of likely N-dealkylation sites (N-methyl/N-ethyl adjacent to an activating group) is 1. The van der Waals surface area contributed by atoms with Gasteiger partial charge in [-0.2, -0.15) is 15.1 Å². The first kappa shape index (κ1) is 29.1. The van der Waals surface area contributed by atoms with Crippen molar-refractivity contribution in [1.82, 2.24) is 30.8 Å². The van der Waals surface area contributed by atoms with Crippen molar-refractivity contribution in [3.63, 3.8) is 0 Å². The van der Waals surface area contributed by atoms with E-state index >= 15 is 4.39 Å². The van der Waals surface area contributed by atoms with Crippen molar-refractivity contribution in [2.75, 3.05) is 65.4 Å². The summed E-state index contributed by atoms with van der Waals surface area (Å²) in [5.41, 5.74) is 3.73. The molecule has 12 nitrogen and oxygen atoms in total.